The zero-order valence-corrected chi connectivity index (χ0v) is 13.6. The molecule has 0 N–H and O–H groups in total. The number of carbonyl (C=O) groups excluding carboxylic acids is 2. The Kier molecular flexibility index (Phi) is 9.11. The fraction of sp³-hybridized carbons (Fsp3) is 0.882. The standard InChI is InChI=1S/C17H30O4/c1-3-4-5-6-7-8-12-21-17(19)15-11-9-10-14(13-15)16(18)20-2/h14-15H,3-13H2,1-2H3. The van der Waals surface area contributed by atoms with E-state index in [-0.39, 0.29) is 23.8 Å². The third kappa shape index (κ3) is 6.96. The highest BCUT2D eigenvalue weighted by Crippen LogP contribution is 2.30. The zero-order valence-electron chi connectivity index (χ0n) is 13.6. The SMILES string of the molecule is CCCCCCCCOC(=O)C1CCCC(C(=O)OC)C1. The first-order valence-corrected chi connectivity index (χ1v) is 8.43. The van der Waals surface area contributed by atoms with Crippen molar-refractivity contribution in [3.05, 3.63) is 0 Å². The van der Waals surface area contributed by atoms with Crippen LogP contribution in [0.15, 0.2) is 0 Å². The third-order valence-corrected chi connectivity index (χ3v) is 4.28. The number of esters is 2. The van der Waals surface area contributed by atoms with Gasteiger partial charge >= 0.3 is 11.9 Å². The van der Waals surface area contributed by atoms with Gasteiger partial charge in [-0.1, -0.05) is 45.4 Å². The van der Waals surface area contributed by atoms with Crippen molar-refractivity contribution >= 4 is 11.9 Å². The molecule has 0 heterocycles. The Labute approximate surface area is 128 Å². The van der Waals surface area contributed by atoms with Crippen molar-refractivity contribution in [3.8, 4) is 0 Å². The minimum atomic E-state index is -0.191. The Bertz CT molecular complexity index is 314. The molecule has 0 aromatic heterocycles. The number of unbranched alkanes of at least 4 members (excludes halogenated alkanes) is 5. The number of hydrogen-bond acceptors (Lipinski definition) is 4. The van der Waals surface area contributed by atoms with Crippen molar-refractivity contribution < 1.29 is 19.1 Å². The summed E-state index contributed by atoms with van der Waals surface area (Å²) in [6.45, 7) is 2.72. The number of ether oxygens (including phenoxy) is 2. The van der Waals surface area contributed by atoms with Crippen LogP contribution in [-0.4, -0.2) is 25.7 Å². The summed E-state index contributed by atoms with van der Waals surface area (Å²) in [5.41, 5.74) is 0. The van der Waals surface area contributed by atoms with Crippen LogP contribution < -0.4 is 0 Å². The van der Waals surface area contributed by atoms with E-state index in [1.54, 1.807) is 0 Å². The van der Waals surface area contributed by atoms with Crippen molar-refractivity contribution in [1.82, 2.24) is 0 Å². The second-order valence-electron chi connectivity index (χ2n) is 6.02. The van der Waals surface area contributed by atoms with Crippen molar-refractivity contribution in [2.24, 2.45) is 11.8 Å². The molecular formula is C17H30O4. The van der Waals surface area contributed by atoms with E-state index >= 15 is 0 Å². The summed E-state index contributed by atoms with van der Waals surface area (Å²) < 4.78 is 10.1. The Hall–Kier alpha value is -1.06. The van der Waals surface area contributed by atoms with Crippen LogP contribution in [-0.2, 0) is 19.1 Å². The molecule has 122 valence electrons. The summed E-state index contributed by atoms with van der Waals surface area (Å²) in [5.74, 6) is -0.570. The fourth-order valence-electron chi connectivity index (χ4n) is 2.96. The van der Waals surface area contributed by atoms with E-state index in [0.29, 0.717) is 13.0 Å². The summed E-state index contributed by atoms with van der Waals surface area (Å²) in [4.78, 5) is 23.6. The summed E-state index contributed by atoms with van der Waals surface area (Å²) in [5, 5.41) is 0. The molecule has 0 aliphatic heterocycles. The number of rotatable bonds is 9. The Balaban J connectivity index is 2.15. The van der Waals surface area contributed by atoms with Gasteiger partial charge in [-0.15, -0.1) is 0 Å². The van der Waals surface area contributed by atoms with Crippen LogP contribution in [0.25, 0.3) is 0 Å². The van der Waals surface area contributed by atoms with Gasteiger partial charge in [-0.05, 0) is 25.7 Å². The molecule has 1 aliphatic rings. The predicted octanol–water partition coefficient (Wildman–Crippen LogP) is 3.87. The molecule has 0 aromatic carbocycles. The quantitative estimate of drug-likeness (QED) is 0.479. The van der Waals surface area contributed by atoms with Gasteiger partial charge in [0.15, 0.2) is 0 Å². The van der Waals surface area contributed by atoms with Gasteiger partial charge < -0.3 is 9.47 Å². The summed E-state index contributed by atoms with van der Waals surface area (Å²) in [6.07, 6.45) is 10.3. The molecule has 2 unspecified atom stereocenters. The highest BCUT2D eigenvalue weighted by molar-refractivity contribution is 5.76. The Morgan fingerprint density at radius 2 is 1.57 bits per heavy atom. The minimum Gasteiger partial charge on any atom is -0.469 e. The van der Waals surface area contributed by atoms with Crippen LogP contribution in [0.2, 0.25) is 0 Å². The zero-order chi connectivity index (χ0) is 15.5. The predicted molar refractivity (Wildman–Crippen MR) is 81.8 cm³/mol. The number of carbonyl (C=O) groups is 2. The average Bonchev–Trinajstić information content (AvgIpc) is 2.53. The van der Waals surface area contributed by atoms with Gasteiger partial charge in [0, 0.05) is 0 Å². The third-order valence-electron chi connectivity index (χ3n) is 4.28. The highest BCUT2D eigenvalue weighted by Gasteiger charge is 2.32. The monoisotopic (exact) mass is 298 g/mol. The van der Waals surface area contributed by atoms with E-state index in [4.69, 9.17) is 9.47 Å². The lowest BCUT2D eigenvalue weighted by Crippen LogP contribution is -2.29. The lowest BCUT2D eigenvalue weighted by molar-refractivity contribution is -0.153. The first-order chi connectivity index (χ1) is 10.2. The average molecular weight is 298 g/mol. The van der Waals surface area contributed by atoms with Crippen LogP contribution in [0.1, 0.15) is 71.1 Å². The molecule has 0 bridgehead atoms. The molecule has 0 radical (unpaired) electrons. The van der Waals surface area contributed by atoms with Crippen molar-refractivity contribution in [1.29, 1.82) is 0 Å². The van der Waals surface area contributed by atoms with E-state index in [1.807, 2.05) is 0 Å². The smallest absolute Gasteiger partial charge is 0.308 e. The molecule has 0 spiro atoms. The summed E-state index contributed by atoms with van der Waals surface area (Å²) in [6, 6.07) is 0. The molecule has 2 atom stereocenters. The normalized spacial score (nSPS) is 21.8. The summed E-state index contributed by atoms with van der Waals surface area (Å²) >= 11 is 0. The second-order valence-corrected chi connectivity index (χ2v) is 6.02. The molecule has 4 nitrogen and oxygen atoms in total. The van der Waals surface area contributed by atoms with Gasteiger partial charge in [-0.25, -0.2) is 0 Å². The van der Waals surface area contributed by atoms with Gasteiger partial charge in [0.1, 0.15) is 0 Å². The van der Waals surface area contributed by atoms with E-state index in [9.17, 15) is 9.59 Å². The molecule has 0 aromatic rings. The molecule has 4 heteroatoms. The molecule has 0 saturated heterocycles. The van der Waals surface area contributed by atoms with Crippen LogP contribution in [0.4, 0.5) is 0 Å². The van der Waals surface area contributed by atoms with Crippen LogP contribution in [0, 0.1) is 11.8 Å². The largest absolute Gasteiger partial charge is 0.469 e. The maximum absolute atomic E-state index is 12.0. The first kappa shape index (κ1) is 18.0. The molecule has 1 aliphatic carbocycles. The van der Waals surface area contributed by atoms with Crippen LogP contribution in [0.3, 0.4) is 0 Å². The number of methoxy groups -OCH3 is 1. The highest BCUT2D eigenvalue weighted by atomic mass is 16.5. The summed E-state index contributed by atoms with van der Waals surface area (Å²) in [7, 11) is 1.41. The lowest BCUT2D eigenvalue weighted by Gasteiger charge is -2.25. The molecular weight excluding hydrogens is 268 g/mol. The topological polar surface area (TPSA) is 52.6 Å². The van der Waals surface area contributed by atoms with Gasteiger partial charge in [0.25, 0.3) is 0 Å². The van der Waals surface area contributed by atoms with E-state index in [1.165, 1.54) is 32.8 Å². The van der Waals surface area contributed by atoms with Gasteiger partial charge in [-0.2, -0.15) is 0 Å². The molecule has 1 fully saturated rings. The van der Waals surface area contributed by atoms with Crippen molar-refractivity contribution in [3.63, 3.8) is 0 Å². The molecule has 21 heavy (non-hydrogen) atoms. The maximum Gasteiger partial charge on any atom is 0.308 e. The van der Waals surface area contributed by atoms with Gasteiger partial charge in [0.2, 0.25) is 0 Å². The lowest BCUT2D eigenvalue weighted by atomic mass is 9.81. The van der Waals surface area contributed by atoms with Gasteiger partial charge in [-0.3, -0.25) is 9.59 Å². The Morgan fingerprint density at radius 3 is 2.24 bits per heavy atom. The van der Waals surface area contributed by atoms with E-state index in [2.05, 4.69) is 6.92 Å². The van der Waals surface area contributed by atoms with Crippen LogP contribution >= 0.6 is 0 Å². The first-order valence-electron chi connectivity index (χ1n) is 8.43. The minimum absolute atomic E-state index is 0.122. The van der Waals surface area contributed by atoms with Crippen LogP contribution in [0.5, 0.6) is 0 Å². The van der Waals surface area contributed by atoms with Crippen molar-refractivity contribution in [2.75, 3.05) is 13.7 Å². The maximum atomic E-state index is 12.0. The fourth-order valence-corrected chi connectivity index (χ4v) is 2.96. The second kappa shape index (κ2) is 10.6. The Morgan fingerprint density at radius 1 is 0.952 bits per heavy atom. The van der Waals surface area contributed by atoms with E-state index < -0.39 is 0 Å². The van der Waals surface area contributed by atoms with Crippen molar-refractivity contribution in [2.45, 2.75) is 71.1 Å². The van der Waals surface area contributed by atoms with E-state index in [0.717, 1.165) is 32.1 Å². The molecule has 0 amide bonds. The molecule has 1 saturated carbocycles. The number of hydrogen-bond donors (Lipinski definition) is 0. The van der Waals surface area contributed by atoms with Gasteiger partial charge in [0.05, 0.1) is 25.6 Å². The molecule has 1 rings (SSSR count).